The molecule has 1 aromatic carbocycles. The van der Waals surface area contributed by atoms with Crippen LogP contribution in [0.4, 0.5) is 5.69 Å². The van der Waals surface area contributed by atoms with Crippen molar-refractivity contribution in [1.29, 1.82) is 5.41 Å². The van der Waals surface area contributed by atoms with E-state index in [0.717, 1.165) is 31.6 Å². The van der Waals surface area contributed by atoms with E-state index in [1.54, 1.807) is 12.1 Å². The van der Waals surface area contributed by atoms with E-state index in [2.05, 4.69) is 10.2 Å². The van der Waals surface area contributed by atoms with Crippen molar-refractivity contribution in [3.63, 3.8) is 0 Å². The Bertz CT molecular complexity index is 480. The number of anilines is 1. The summed E-state index contributed by atoms with van der Waals surface area (Å²) in [6.45, 7) is 1.68. The van der Waals surface area contributed by atoms with Gasteiger partial charge in [0.05, 0.1) is 5.56 Å². The largest absolute Gasteiger partial charge is 0.371 e. The van der Waals surface area contributed by atoms with Gasteiger partial charge in [-0.15, -0.1) is 0 Å². The minimum absolute atomic E-state index is 0.245. The van der Waals surface area contributed by atoms with E-state index >= 15 is 0 Å². The fraction of sp³-hybridized carbons (Fsp3) is 0.385. The molecule has 0 spiro atoms. The predicted octanol–water partition coefficient (Wildman–Crippen LogP) is 0.237. The molecule has 1 aliphatic heterocycles. The highest BCUT2D eigenvalue weighted by atomic mass is 16.1. The molecule has 19 heavy (non-hydrogen) atoms. The summed E-state index contributed by atoms with van der Waals surface area (Å²) in [6, 6.07) is 7.59. The Hall–Kier alpha value is -2.08. The smallest absolute Gasteiger partial charge is 0.260 e. The number of guanidine groups is 1. The first kappa shape index (κ1) is 13.4. The van der Waals surface area contributed by atoms with Crippen LogP contribution in [0, 0.1) is 5.41 Å². The second-order valence-corrected chi connectivity index (χ2v) is 4.71. The maximum atomic E-state index is 12.0. The first-order valence-electron chi connectivity index (χ1n) is 6.33. The molecule has 0 radical (unpaired) electrons. The minimum Gasteiger partial charge on any atom is -0.371 e. The van der Waals surface area contributed by atoms with Gasteiger partial charge >= 0.3 is 0 Å². The maximum Gasteiger partial charge on any atom is 0.260 e. The molecule has 1 aliphatic rings. The van der Waals surface area contributed by atoms with Gasteiger partial charge in [-0.25, -0.2) is 0 Å². The standard InChI is InChI=1S/C13H19N5O/c14-9-5-7-18(8-6-9)11-4-2-1-3-10(11)12(19)17-13(15)16/h1-4,9H,5-8,14H2,(H4,15,16,17,19). The molecule has 6 heteroatoms. The zero-order chi connectivity index (χ0) is 13.8. The molecule has 6 nitrogen and oxygen atoms in total. The van der Waals surface area contributed by atoms with Gasteiger partial charge < -0.3 is 16.4 Å². The van der Waals surface area contributed by atoms with Crippen LogP contribution in [0.3, 0.4) is 0 Å². The van der Waals surface area contributed by atoms with Crippen LogP contribution >= 0.6 is 0 Å². The third-order valence-electron chi connectivity index (χ3n) is 3.28. The predicted molar refractivity (Wildman–Crippen MR) is 75.2 cm³/mol. The SMILES string of the molecule is N=C(N)NC(=O)c1ccccc1N1CCC(N)CC1. The average Bonchev–Trinajstić information content (AvgIpc) is 2.39. The minimum atomic E-state index is -0.349. The lowest BCUT2D eigenvalue weighted by Crippen LogP contribution is -2.41. The summed E-state index contributed by atoms with van der Waals surface area (Å²) in [4.78, 5) is 14.2. The van der Waals surface area contributed by atoms with Crippen molar-refractivity contribution in [1.82, 2.24) is 5.32 Å². The molecule has 1 aromatic rings. The maximum absolute atomic E-state index is 12.0. The molecule has 102 valence electrons. The number of benzene rings is 1. The van der Waals surface area contributed by atoms with E-state index in [1.165, 1.54) is 0 Å². The van der Waals surface area contributed by atoms with E-state index in [4.69, 9.17) is 16.9 Å². The second-order valence-electron chi connectivity index (χ2n) is 4.71. The molecule has 0 atom stereocenters. The summed E-state index contributed by atoms with van der Waals surface area (Å²) in [5.41, 5.74) is 12.5. The normalized spacial score (nSPS) is 16.2. The van der Waals surface area contributed by atoms with E-state index < -0.39 is 0 Å². The summed E-state index contributed by atoms with van der Waals surface area (Å²) in [7, 11) is 0. The quantitative estimate of drug-likeness (QED) is 0.451. The zero-order valence-electron chi connectivity index (χ0n) is 10.7. The Balaban J connectivity index is 2.21. The van der Waals surface area contributed by atoms with Gasteiger partial charge in [0.25, 0.3) is 5.91 Å². The fourth-order valence-corrected chi connectivity index (χ4v) is 2.27. The van der Waals surface area contributed by atoms with E-state index in [1.807, 2.05) is 12.1 Å². The van der Waals surface area contributed by atoms with Crippen LogP contribution in [0.2, 0.25) is 0 Å². The summed E-state index contributed by atoms with van der Waals surface area (Å²) in [5, 5.41) is 9.45. The molecule has 1 amide bonds. The number of nitrogens with one attached hydrogen (secondary N) is 2. The third kappa shape index (κ3) is 3.23. The molecule has 0 aromatic heterocycles. The molecule has 0 bridgehead atoms. The van der Waals surface area contributed by atoms with E-state index in [9.17, 15) is 4.79 Å². The molecule has 1 saturated heterocycles. The van der Waals surface area contributed by atoms with Crippen LogP contribution in [-0.2, 0) is 0 Å². The first-order valence-corrected chi connectivity index (χ1v) is 6.33. The molecule has 1 heterocycles. The van der Waals surface area contributed by atoms with Gasteiger partial charge in [0, 0.05) is 24.8 Å². The second kappa shape index (κ2) is 5.71. The van der Waals surface area contributed by atoms with Crippen LogP contribution in [0.1, 0.15) is 23.2 Å². The van der Waals surface area contributed by atoms with Crippen LogP contribution < -0.4 is 21.7 Å². The molecular formula is C13H19N5O. The summed E-state index contributed by atoms with van der Waals surface area (Å²) in [6.07, 6.45) is 1.84. The lowest BCUT2D eigenvalue weighted by molar-refractivity contribution is 0.0977. The molecule has 0 aliphatic carbocycles. The van der Waals surface area contributed by atoms with Gasteiger partial charge in [0.1, 0.15) is 0 Å². The van der Waals surface area contributed by atoms with Crippen LogP contribution in [0.15, 0.2) is 24.3 Å². The fourth-order valence-electron chi connectivity index (χ4n) is 2.27. The van der Waals surface area contributed by atoms with Crippen molar-refractivity contribution in [2.24, 2.45) is 11.5 Å². The highest BCUT2D eigenvalue weighted by Crippen LogP contribution is 2.23. The average molecular weight is 261 g/mol. The van der Waals surface area contributed by atoms with Gasteiger partial charge in [-0.2, -0.15) is 0 Å². The Morgan fingerprint density at radius 2 is 1.95 bits per heavy atom. The highest BCUT2D eigenvalue weighted by molar-refractivity contribution is 6.07. The van der Waals surface area contributed by atoms with Gasteiger partial charge in [0.2, 0.25) is 0 Å². The van der Waals surface area contributed by atoms with E-state index in [0.29, 0.717) is 5.56 Å². The van der Waals surface area contributed by atoms with Gasteiger partial charge in [-0.3, -0.25) is 15.5 Å². The summed E-state index contributed by atoms with van der Waals surface area (Å²) >= 11 is 0. The molecule has 6 N–H and O–H groups in total. The number of rotatable bonds is 2. The van der Waals surface area contributed by atoms with Crippen LogP contribution in [0.5, 0.6) is 0 Å². The van der Waals surface area contributed by atoms with Crippen LogP contribution in [0.25, 0.3) is 0 Å². The molecule has 1 fully saturated rings. The molecule has 0 unspecified atom stereocenters. The van der Waals surface area contributed by atoms with Gasteiger partial charge in [-0.1, -0.05) is 12.1 Å². The first-order chi connectivity index (χ1) is 9.08. The number of piperidine rings is 1. The highest BCUT2D eigenvalue weighted by Gasteiger charge is 2.20. The Morgan fingerprint density at radius 1 is 1.32 bits per heavy atom. The number of hydrogen-bond acceptors (Lipinski definition) is 4. The Morgan fingerprint density at radius 3 is 2.58 bits per heavy atom. The van der Waals surface area contributed by atoms with Crippen molar-refractivity contribution >= 4 is 17.6 Å². The zero-order valence-corrected chi connectivity index (χ0v) is 10.7. The molecule has 2 rings (SSSR count). The topological polar surface area (TPSA) is 108 Å². The number of nitrogens with two attached hydrogens (primary N) is 2. The number of carbonyl (C=O) groups is 1. The Labute approximate surface area is 112 Å². The Kier molecular flexibility index (Phi) is 4.01. The van der Waals surface area contributed by atoms with Crippen molar-refractivity contribution in [3.8, 4) is 0 Å². The van der Waals surface area contributed by atoms with E-state index in [-0.39, 0.29) is 17.9 Å². The number of amides is 1. The van der Waals surface area contributed by atoms with Crippen molar-refractivity contribution in [2.45, 2.75) is 18.9 Å². The summed E-state index contributed by atoms with van der Waals surface area (Å²) < 4.78 is 0. The lowest BCUT2D eigenvalue weighted by atomic mass is 10.0. The number of hydrogen-bond donors (Lipinski definition) is 4. The summed E-state index contributed by atoms with van der Waals surface area (Å²) in [5.74, 6) is -0.696. The monoisotopic (exact) mass is 261 g/mol. The lowest BCUT2D eigenvalue weighted by Gasteiger charge is -2.33. The molecule has 0 saturated carbocycles. The van der Waals surface area contributed by atoms with Crippen molar-refractivity contribution < 1.29 is 4.79 Å². The third-order valence-corrected chi connectivity index (χ3v) is 3.28. The van der Waals surface area contributed by atoms with Gasteiger partial charge in [-0.05, 0) is 25.0 Å². The van der Waals surface area contributed by atoms with Crippen molar-refractivity contribution in [2.75, 3.05) is 18.0 Å². The van der Waals surface area contributed by atoms with Crippen LogP contribution in [-0.4, -0.2) is 31.0 Å². The van der Waals surface area contributed by atoms with Gasteiger partial charge in [0.15, 0.2) is 5.96 Å². The van der Waals surface area contributed by atoms with Crippen molar-refractivity contribution in [3.05, 3.63) is 29.8 Å². The number of carbonyl (C=O) groups excluding carboxylic acids is 1. The molecular weight excluding hydrogens is 242 g/mol. The number of nitrogens with zero attached hydrogens (tertiary/aromatic N) is 1. The number of para-hydroxylation sites is 1.